The smallest absolute Gasteiger partial charge is 0.263 e. The lowest BCUT2D eigenvalue weighted by atomic mass is 10.2. The fourth-order valence-corrected chi connectivity index (χ4v) is 5.00. The molecular formula is C17H23N3O3S2. The van der Waals surface area contributed by atoms with E-state index in [2.05, 4.69) is 4.98 Å². The summed E-state index contributed by atoms with van der Waals surface area (Å²) in [7, 11) is 0. The Hall–Kier alpha value is -1.38. The summed E-state index contributed by atoms with van der Waals surface area (Å²) in [5, 5.41) is 1.33. The van der Waals surface area contributed by atoms with E-state index in [1.54, 1.807) is 4.57 Å². The maximum atomic E-state index is 12.8. The van der Waals surface area contributed by atoms with Crippen LogP contribution in [0.4, 0.5) is 0 Å². The number of ether oxygens (including phenoxy) is 1. The molecule has 1 aliphatic rings. The minimum Gasteiger partial charge on any atom is -0.375 e. The number of carbonyl (C=O) groups is 1. The van der Waals surface area contributed by atoms with E-state index in [9.17, 15) is 9.59 Å². The minimum atomic E-state index is -0.00991. The molecule has 0 radical (unpaired) electrons. The van der Waals surface area contributed by atoms with Crippen molar-refractivity contribution in [2.45, 2.75) is 45.5 Å². The second kappa shape index (κ2) is 7.47. The van der Waals surface area contributed by atoms with E-state index >= 15 is 0 Å². The normalized spacial score (nSPS) is 18.1. The van der Waals surface area contributed by atoms with E-state index in [0.717, 1.165) is 15.3 Å². The van der Waals surface area contributed by atoms with Crippen molar-refractivity contribution in [3.8, 4) is 0 Å². The summed E-state index contributed by atoms with van der Waals surface area (Å²) < 4.78 is 7.15. The average molecular weight is 382 g/mol. The first-order valence-corrected chi connectivity index (χ1v) is 10.2. The lowest BCUT2D eigenvalue weighted by Crippen LogP contribution is -2.45. The van der Waals surface area contributed by atoms with E-state index in [-0.39, 0.29) is 23.3 Å². The summed E-state index contributed by atoms with van der Waals surface area (Å²) in [5.41, 5.74) is 0.999. The first kappa shape index (κ1) is 18.4. The van der Waals surface area contributed by atoms with Crippen LogP contribution in [0.15, 0.2) is 9.95 Å². The Labute approximate surface area is 155 Å². The molecule has 0 aromatic carbocycles. The Morgan fingerprint density at radius 3 is 2.88 bits per heavy atom. The number of aryl methyl sites for hydroxylation is 2. The van der Waals surface area contributed by atoms with Crippen LogP contribution < -0.4 is 5.56 Å². The molecule has 0 aliphatic carbocycles. The molecule has 0 saturated carbocycles. The lowest BCUT2D eigenvalue weighted by molar-refractivity contribution is -0.135. The highest BCUT2D eigenvalue weighted by Gasteiger charge is 2.22. The third kappa shape index (κ3) is 3.61. The van der Waals surface area contributed by atoms with Crippen LogP contribution in [-0.2, 0) is 16.1 Å². The summed E-state index contributed by atoms with van der Waals surface area (Å²) in [4.78, 5) is 33.6. The summed E-state index contributed by atoms with van der Waals surface area (Å²) in [5.74, 6) is 0.351. The van der Waals surface area contributed by atoms with Crippen LogP contribution in [0.25, 0.3) is 10.2 Å². The highest BCUT2D eigenvalue weighted by atomic mass is 32.2. The van der Waals surface area contributed by atoms with Gasteiger partial charge in [0.15, 0.2) is 5.16 Å². The minimum absolute atomic E-state index is 0.00991. The molecule has 0 N–H and O–H groups in total. The van der Waals surface area contributed by atoms with Gasteiger partial charge in [-0.05, 0) is 33.3 Å². The van der Waals surface area contributed by atoms with Crippen LogP contribution in [-0.4, -0.2) is 51.9 Å². The molecule has 1 aliphatic heterocycles. The van der Waals surface area contributed by atoms with Crippen molar-refractivity contribution in [3.05, 3.63) is 20.8 Å². The first-order valence-electron chi connectivity index (χ1n) is 8.45. The van der Waals surface area contributed by atoms with E-state index in [1.807, 2.05) is 32.6 Å². The molecular weight excluding hydrogens is 358 g/mol. The SMILES string of the molecule is CCn1c(SCC(=O)N2CCOC(C)C2)nc2sc(C)c(C)c2c1=O. The molecule has 3 heterocycles. The van der Waals surface area contributed by atoms with E-state index < -0.39 is 0 Å². The van der Waals surface area contributed by atoms with Gasteiger partial charge < -0.3 is 9.64 Å². The van der Waals surface area contributed by atoms with Gasteiger partial charge >= 0.3 is 0 Å². The number of hydrogen-bond donors (Lipinski definition) is 0. The topological polar surface area (TPSA) is 64.4 Å². The van der Waals surface area contributed by atoms with Gasteiger partial charge in [-0.15, -0.1) is 11.3 Å². The number of nitrogens with zero attached hydrogens (tertiary/aromatic N) is 3. The Morgan fingerprint density at radius 2 is 2.20 bits per heavy atom. The van der Waals surface area contributed by atoms with Gasteiger partial charge in [0, 0.05) is 24.5 Å². The number of carbonyl (C=O) groups excluding carboxylic acids is 1. The van der Waals surface area contributed by atoms with Crippen LogP contribution in [0.5, 0.6) is 0 Å². The molecule has 1 atom stereocenters. The van der Waals surface area contributed by atoms with Crippen molar-refractivity contribution < 1.29 is 9.53 Å². The molecule has 1 saturated heterocycles. The fourth-order valence-electron chi connectivity index (χ4n) is 2.96. The number of thioether (sulfide) groups is 1. The van der Waals surface area contributed by atoms with Crippen LogP contribution in [0.2, 0.25) is 0 Å². The Balaban J connectivity index is 1.83. The van der Waals surface area contributed by atoms with Crippen molar-refractivity contribution >= 4 is 39.2 Å². The van der Waals surface area contributed by atoms with Crippen LogP contribution in [0.1, 0.15) is 24.3 Å². The predicted molar refractivity (Wildman–Crippen MR) is 102 cm³/mol. The summed E-state index contributed by atoms with van der Waals surface area (Å²) in [6, 6.07) is 0. The standard InChI is InChI=1S/C17H23N3O3S2/c1-5-20-16(22)14-11(3)12(4)25-15(14)18-17(20)24-9-13(21)19-6-7-23-10(2)8-19/h10H,5-9H2,1-4H3. The molecule has 8 heteroatoms. The summed E-state index contributed by atoms with van der Waals surface area (Å²) in [6.07, 6.45) is 0.0723. The zero-order valence-electron chi connectivity index (χ0n) is 15.0. The quantitative estimate of drug-likeness (QED) is 0.601. The number of aromatic nitrogens is 2. The molecule has 2 aromatic rings. The molecule has 136 valence electrons. The number of hydrogen-bond acceptors (Lipinski definition) is 6. The average Bonchev–Trinajstić information content (AvgIpc) is 2.87. The maximum absolute atomic E-state index is 12.8. The number of morpholine rings is 1. The fraction of sp³-hybridized carbons (Fsp3) is 0.588. The van der Waals surface area contributed by atoms with Gasteiger partial charge in [0.05, 0.1) is 23.8 Å². The lowest BCUT2D eigenvalue weighted by Gasteiger charge is -2.31. The molecule has 1 amide bonds. The van der Waals surface area contributed by atoms with Gasteiger partial charge in [-0.1, -0.05) is 11.8 Å². The van der Waals surface area contributed by atoms with E-state index in [0.29, 0.717) is 36.8 Å². The largest absolute Gasteiger partial charge is 0.375 e. The number of thiophene rings is 1. The Kier molecular flexibility index (Phi) is 5.50. The van der Waals surface area contributed by atoms with Crippen molar-refractivity contribution in [3.63, 3.8) is 0 Å². The number of amides is 1. The third-order valence-corrected chi connectivity index (χ3v) is 6.55. The van der Waals surface area contributed by atoms with Gasteiger partial charge in [0.25, 0.3) is 5.56 Å². The monoisotopic (exact) mass is 381 g/mol. The first-order chi connectivity index (χ1) is 11.9. The van der Waals surface area contributed by atoms with Gasteiger partial charge in [0.2, 0.25) is 5.91 Å². The Bertz CT molecular complexity index is 859. The van der Waals surface area contributed by atoms with E-state index in [4.69, 9.17) is 4.74 Å². The van der Waals surface area contributed by atoms with Crippen molar-refractivity contribution in [2.24, 2.45) is 0 Å². The highest BCUT2D eigenvalue weighted by Crippen LogP contribution is 2.28. The van der Waals surface area contributed by atoms with Crippen molar-refractivity contribution in [1.82, 2.24) is 14.5 Å². The third-order valence-electron chi connectivity index (χ3n) is 4.49. The number of rotatable bonds is 4. The van der Waals surface area contributed by atoms with Gasteiger partial charge in [-0.25, -0.2) is 4.98 Å². The molecule has 0 spiro atoms. The van der Waals surface area contributed by atoms with E-state index in [1.165, 1.54) is 23.1 Å². The number of fused-ring (bicyclic) bond motifs is 1. The van der Waals surface area contributed by atoms with Crippen molar-refractivity contribution in [2.75, 3.05) is 25.4 Å². The molecule has 1 unspecified atom stereocenters. The predicted octanol–water partition coefficient (Wildman–Crippen LogP) is 2.43. The second-order valence-corrected chi connectivity index (χ2v) is 8.36. The Morgan fingerprint density at radius 1 is 1.44 bits per heavy atom. The van der Waals surface area contributed by atoms with Crippen molar-refractivity contribution in [1.29, 1.82) is 0 Å². The molecule has 6 nitrogen and oxygen atoms in total. The van der Waals surface area contributed by atoms with Gasteiger partial charge in [-0.2, -0.15) is 0 Å². The molecule has 1 fully saturated rings. The molecule has 2 aromatic heterocycles. The zero-order chi connectivity index (χ0) is 18.1. The summed E-state index contributed by atoms with van der Waals surface area (Å²) >= 11 is 2.88. The molecule has 3 rings (SSSR count). The molecule has 0 bridgehead atoms. The zero-order valence-corrected chi connectivity index (χ0v) is 16.6. The van der Waals surface area contributed by atoms with Gasteiger partial charge in [0.1, 0.15) is 4.83 Å². The van der Waals surface area contributed by atoms with Crippen LogP contribution in [0.3, 0.4) is 0 Å². The van der Waals surface area contributed by atoms with Crippen LogP contribution in [0, 0.1) is 13.8 Å². The van der Waals surface area contributed by atoms with Crippen LogP contribution >= 0.6 is 23.1 Å². The van der Waals surface area contributed by atoms with Gasteiger partial charge in [-0.3, -0.25) is 14.2 Å². The maximum Gasteiger partial charge on any atom is 0.263 e. The second-order valence-electron chi connectivity index (χ2n) is 6.22. The highest BCUT2D eigenvalue weighted by molar-refractivity contribution is 7.99. The summed E-state index contributed by atoms with van der Waals surface area (Å²) in [6.45, 7) is 10.2. The molecule has 25 heavy (non-hydrogen) atoms.